The van der Waals surface area contributed by atoms with Crippen LogP contribution in [0.25, 0.3) is 6.08 Å². The van der Waals surface area contributed by atoms with Crippen molar-refractivity contribution in [3.63, 3.8) is 0 Å². The molecule has 2 fully saturated rings. The van der Waals surface area contributed by atoms with Gasteiger partial charge in [0.2, 0.25) is 11.8 Å². The number of fused-ring (bicyclic) bond motifs is 5. The number of nitrogens with zero attached hydrogens (tertiary/aromatic N) is 3. The van der Waals surface area contributed by atoms with E-state index in [0.29, 0.717) is 0 Å². The predicted molar refractivity (Wildman–Crippen MR) is 121 cm³/mol. The minimum atomic E-state index is -0.833. The van der Waals surface area contributed by atoms with Crippen molar-refractivity contribution in [1.82, 2.24) is 4.90 Å². The zero-order chi connectivity index (χ0) is 23.7. The molecule has 3 aliphatic rings. The summed E-state index contributed by atoms with van der Waals surface area (Å²) in [4.78, 5) is 54.4. The number of amides is 2. The average molecular weight is 445 g/mol. The summed E-state index contributed by atoms with van der Waals surface area (Å²) in [5, 5.41) is 11.0. The van der Waals surface area contributed by atoms with E-state index in [9.17, 15) is 24.5 Å². The van der Waals surface area contributed by atoms with Gasteiger partial charge in [0, 0.05) is 23.7 Å². The second-order valence-electron chi connectivity index (χ2n) is 9.73. The highest BCUT2D eigenvalue weighted by Gasteiger charge is 2.65. The van der Waals surface area contributed by atoms with Crippen LogP contribution in [-0.4, -0.2) is 33.5 Å². The van der Waals surface area contributed by atoms with Crippen LogP contribution in [0.4, 0.5) is 11.4 Å². The molecule has 168 valence electrons. The average Bonchev–Trinajstić information content (AvgIpc) is 3.25. The fourth-order valence-electron chi connectivity index (χ4n) is 5.28. The molecule has 5 rings (SSSR count). The van der Waals surface area contributed by atoms with Crippen molar-refractivity contribution in [3.8, 4) is 0 Å². The van der Waals surface area contributed by atoms with Gasteiger partial charge >= 0.3 is 0 Å². The van der Waals surface area contributed by atoms with Gasteiger partial charge in [-0.15, -0.1) is 0 Å². The largest absolute Gasteiger partial charge is 0.359 e. The van der Waals surface area contributed by atoms with Crippen molar-refractivity contribution < 1.29 is 19.3 Å². The fourth-order valence-corrected chi connectivity index (χ4v) is 5.28. The van der Waals surface area contributed by atoms with Crippen LogP contribution < -0.4 is 4.90 Å². The molecule has 2 saturated heterocycles. The van der Waals surface area contributed by atoms with Crippen LogP contribution in [0, 0.1) is 27.4 Å². The van der Waals surface area contributed by atoms with E-state index in [4.69, 9.17) is 0 Å². The Labute approximate surface area is 190 Å². The van der Waals surface area contributed by atoms with E-state index < -0.39 is 40.2 Å². The van der Waals surface area contributed by atoms with Gasteiger partial charge in [0.15, 0.2) is 5.78 Å². The summed E-state index contributed by atoms with van der Waals surface area (Å²) < 4.78 is 0. The van der Waals surface area contributed by atoms with Crippen LogP contribution in [0.5, 0.6) is 0 Å². The van der Waals surface area contributed by atoms with E-state index in [1.807, 2.05) is 62.2 Å². The summed E-state index contributed by atoms with van der Waals surface area (Å²) in [5.41, 5.74) is 1.30. The third-order valence-corrected chi connectivity index (χ3v) is 6.79. The number of nitro benzene ring substituents is 1. The summed E-state index contributed by atoms with van der Waals surface area (Å²) in [5.74, 6) is -2.49. The Morgan fingerprint density at radius 3 is 2.24 bits per heavy atom. The van der Waals surface area contributed by atoms with Gasteiger partial charge in [0.05, 0.1) is 28.5 Å². The summed E-state index contributed by atoms with van der Waals surface area (Å²) >= 11 is 0. The molecule has 8 heteroatoms. The Hall–Kier alpha value is -3.81. The molecule has 33 heavy (non-hydrogen) atoms. The van der Waals surface area contributed by atoms with Crippen molar-refractivity contribution in [2.75, 3.05) is 4.90 Å². The number of hydrogen-bond acceptors (Lipinski definition) is 6. The Balaban J connectivity index is 1.63. The molecule has 0 N–H and O–H groups in total. The third-order valence-electron chi connectivity index (χ3n) is 6.79. The lowest BCUT2D eigenvalue weighted by Gasteiger charge is -2.37. The topological polar surface area (TPSA) is 101 Å². The number of carbonyl (C=O) groups excluding carboxylic acids is 3. The lowest BCUT2D eigenvalue weighted by Crippen LogP contribution is -2.47. The first kappa shape index (κ1) is 21.1. The SMILES string of the molecule is CC(C)(C)C(=O)[C@@H]1[C@@H]2C(=O)N(c3ccc([N+](=O)[O-])cc3)C(=O)[C@H]2[C@H]2c3ccccc3C=CN12. The van der Waals surface area contributed by atoms with Crippen LogP contribution >= 0.6 is 0 Å². The monoisotopic (exact) mass is 445 g/mol. The van der Waals surface area contributed by atoms with Gasteiger partial charge in [-0.2, -0.15) is 0 Å². The van der Waals surface area contributed by atoms with E-state index in [2.05, 4.69) is 0 Å². The summed E-state index contributed by atoms with van der Waals surface area (Å²) in [7, 11) is 0. The number of imide groups is 1. The fraction of sp³-hybridized carbons (Fsp3) is 0.320. The van der Waals surface area contributed by atoms with Gasteiger partial charge in [-0.1, -0.05) is 45.0 Å². The second kappa shape index (κ2) is 7.10. The first-order chi connectivity index (χ1) is 15.6. The number of hydrogen-bond donors (Lipinski definition) is 0. The van der Waals surface area contributed by atoms with E-state index >= 15 is 0 Å². The number of benzene rings is 2. The minimum absolute atomic E-state index is 0.101. The van der Waals surface area contributed by atoms with Crippen LogP contribution in [-0.2, 0) is 14.4 Å². The molecule has 0 spiro atoms. The van der Waals surface area contributed by atoms with Crippen molar-refractivity contribution in [3.05, 3.63) is 76.0 Å². The molecule has 8 nitrogen and oxygen atoms in total. The minimum Gasteiger partial charge on any atom is -0.359 e. The lowest BCUT2D eigenvalue weighted by molar-refractivity contribution is -0.384. The molecule has 2 aromatic carbocycles. The van der Waals surface area contributed by atoms with E-state index in [-0.39, 0.29) is 23.1 Å². The van der Waals surface area contributed by atoms with Crippen molar-refractivity contribution in [2.24, 2.45) is 17.3 Å². The molecule has 0 unspecified atom stereocenters. The number of carbonyl (C=O) groups is 3. The van der Waals surface area contributed by atoms with Gasteiger partial charge in [0.1, 0.15) is 6.04 Å². The third kappa shape index (κ3) is 3.01. The highest BCUT2D eigenvalue weighted by Crippen LogP contribution is 2.54. The number of nitro groups is 1. The zero-order valence-corrected chi connectivity index (χ0v) is 18.5. The van der Waals surface area contributed by atoms with E-state index in [0.717, 1.165) is 16.0 Å². The van der Waals surface area contributed by atoms with Gasteiger partial charge in [0.25, 0.3) is 5.69 Å². The molecule has 2 aromatic rings. The van der Waals surface area contributed by atoms with Gasteiger partial charge in [-0.05, 0) is 29.3 Å². The van der Waals surface area contributed by atoms with Gasteiger partial charge in [-0.25, -0.2) is 4.90 Å². The summed E-state index contributed by atoms with van der Waals surface area (Å²) in [6.07, 6.45) is 3.75. The molecule has 0 saturated carbocycles. The van der Waals surface area contributed by atoms with Crippen LogP contribution in [0.2, 0.25) is 0 Å². The zero-order valence-electron chi connectivity index (χ0n) is 18.5. The summed E-state index contributed by atoms with van der Waals surface area (Å²) in [6, 6.07) is 11.8. The molecule has 0 radical (unpaired) electrons. The smallest absolute Gasteiger partial charge is 0.269 e. The molecule has 3 heterocycles. The predicted octanol–water partition coefficient (Wildman–Crippen LogP) is 3.73. The Bertz CT molecular complexity index is 1230. The lowest BCUT2D eigenvalue weighted by atomic mass is 9.79. The molecule has 0 aromatic heterocycles. The standard InChI is InChI=1S/C25H23N3O5/c1-25(2,3)22(29)21-19-18(20-17-7-5-4-6-14(17)12-13-26(20)21)23(30)27(24(19)31)15-8-10-16(11-9-15)28(32)33/h4-13,18-21H,1-3H3/t18-,19-,20-,21+/m1/s1. The Morgan fingerprint density at radius 1 is 0.970 bits per heavy atom. The van der Waals surface area contributed by atoms with Crippen molar-refractivity contribution in [1.29, 1.82) is 0 Å². The van der Waals surface area contributed by atoms with Crippen LogP contribution in [0.3, 0.4) is 0 Å². The quantitative estimate of drug-likeness (QED) is 0.405. The molecule has 2 amide bonds. The van der Waals surface area contributed by atoms with Crippen LogP contribution in [0.1, 0.15) is 37.9 Å². The second-order valence-corrected chi connectivity index (χ2v) is 9.73. The molecule has 0 bridgehead atoms. The molecule has 0 aliphatic carbocycles. The summed E-state index contributed by atoms with van der Waals surface area (Å²) in [6.45, 7) is 5.44. The Kier molecular flexibility index (Phi) is 4.53. The first-order valence-electron chi connectivity index (χ1n) is 10.8. The maximum Gasteiger partial charge on any atom is 0.269 e. The highest BCUT2D eigenvalue weighted by molar-refractivity contribution is 6.24. The van der Waals surface area contributed by atoms with E-state index in [1.165, 1.54) is 24.3 Å². The number of non-ortho nitro benzene ring substituents is 1. The highest BCUT2D eigenvalue weighted by atomic mass is 16.6. The number of anilines is 1. The van der Waals surface area contributed by atoms with Crippen LogP contribution in [0.15, 0.2) is 54.7 Å². The first-order valence-corrected chi connectivity index (χ1v) is 10.8. The molecular weight excluding hydrogens is 422 g/mol. The van der Waals surface area contributed by atoms with Gasteiger partial charge < -0.3 is 4.90 Å². The maximum atomic E-state index is 13.7. The van der Waals surface area contributed by atoms with Crippen molar-refractivity contribution in [2.45, 2.75) is 32.9 Å². The number of Topliss-reactive ketones (excluding diaryl/α,β-unsaturated/α-hetero) is 1. The molecule has 3 aliphatic heterocycles. The van der Waals surface area contributed by atoms with Gasteiger partial charge in [-0.3, -0.25) is 24.5 Å². The molecular formula is C25H23N3O5. The molecule has 4 atom stereocenters. The Morgan fingerprint density at radius 2 is 1.61 bits per heavy atom. The normalized spacial score (nSPS) is 25.7. The number of rotatable bonds is 3. The maximum absolute atomic E-state index is 13.7. The van der Waals surface area contributed by atoms with Crippen molar-refractivity contribution >= 4 is 35.0 Å². The van der Waals surface area contributed by atoms with E-state index in [1.54, 1.807) is 0 Å². The number of ketones is 1.